The summed E-state index contributed by atoms with van der Waals surface area (Å²) in [5, 5.41) is 1.30. The number of nitrogens with one attached hydrogen (secondary N) is 1. The van der Waals surface area contributed by atoms with Crippen LogP contribution >= 0.6 is 0 Å². The summed E-state index contributed by atoms with van der Waals surface area (Å²) < 4.78 is 65.9. The summed E-state index contributed by atoms with van der Waals surface area (Å²) in [4.78, 5) is 24.2. The first-order valence-electron chi connectivity index (χ1n) is 9.86. The van der Waals surface area contributed by atoms with Gasteiger partial charge in [0.05, 0.1) is 5.25 Å². The number of fused-ring (bicyclic) bond motifs is 2. The quantitative estimate of drug-likeness (QED) is 0.616. The van der Waals surface area contributed by atoms with Crippen LogP contribution in [0.5, 0.6) is 0 Å². The molecule has 3 aliphatic rings. The van der Waals surface area contributed by atoms with Crippen LogP contribution in [0.4, 0.5) is 23.7 Å². The van der Waals surface area contributed by atoms with Crippen LogP contribution in [0.2, 0.25) is 0 Å². The Morgan fingerprint density at radius 3 is 2.19 bits per heavy atom. The fourth-order valence-electron chi connectivity index (χ4n) is 4.62. The number of hydrogen-bond donors (Lipinski definition) is 1. The molecule has 1 aliphatic heterocycles. The average molecular weight is 484 g/mol. The minimum absolute atomic E-state index is 0. The van der Waals surface area contributed by atoms with E-state index in [-0.39, 0.29) is 64.4 Å². The number of benzene rings is 1. The van der Waals surface area contributed by atoms with Gasteiger partial charge in [-0.3, -0.25) is 9.59 Å². The van der Waals surface area contributed by atoms with Gasteiger partial charge >= 0.3 is 63.5 Å². The largest absolute Gasteiger partial charge is 1.00 e. The summed E-state index contributed by atoms with van der Waals surface area (Å²) in [6, 6.07) is 1.11. The van der Waals surface area contributed by atoms with Crippen LogP contribution in [0.15, 0.2) is 6.07 Å². The summed E-state index contributed by atoms with van der Waals surface area (Å²) in [5.74, 6) is -2.08. The minimum atomic E-state index is -5.07. The second-order valence-corrected chi connectivity index (χ2v) is 9.81. The maximum atomic E-state index is 12.6. The summed E-state index contributed by atoms with van der Waals surface area (Å²) in [6.07, 6.45) is 0.0596. The van der Waals surface area contributed by atoms with Gasteiger partial charge in [0.25, 0.3) is 0 Å². The molecule has 164 valence electrons. The molecule has 12 heteroatoms. The van der Waals surface area contributed by atoms with Gasteiger partial charge in [-0.2, -0.15) is 13.2 Å². The number of nitrogens with zero attached hydrogens (tertiary/aromatic N) is 2. The zero-order chi connectivity index (χ0) is 21.7. The third-order valence-electron chi connectivity index (χ3n) is 6.01. The van der Waals surface area contributed by atoms with Crippen LogP contribution in [-0.4, -0.2) is 49.8 Å². The number of likely N-dealkylation sites (tertiary alicyclic amines) is 1. The van der Waals surface area contributed by atoms with Crippen molar-refractivity contribution >= 4 is 27.6 Å². The van der Waals surface area contributed by atoms with Gasteiger partial charge in [-0.25, -0.2) is 8.42 Å². The Morgan fingerprint density at radius 2 is 1.65 bits per heavy atom. The second kappa shape index (κ2) is 9.30. The van der Waals surface area contributed by atoms with E-state index in [1.807, 2.05) is 0 Å². The molecule has 0 radical (unpaired) electrons. The molecule has 1 atom stereocenters. The molecule has 1 N–H and O–H groups in total. The number of hydrogen-bond acceptors (Lipinski definition) is 4. The Morgan fingerprint density at radius 1 is 1.06 bits per heavy atom. The zero-order valence-electron chi connectivity index (χ0n) is 17.1. The summed E-state index contributed by atoms with van der Waals surface area (Å²) in [6.45, 7) is -0.979. The van der Waals surface area contributed by atoms with Crippen molar-refractivity contribution in [3.8, 4) is 0 Å². The van der Waals surface area contributed by atoms with Crippen molar-refractivity contribution in [2.24, 2.45) is 0 Å². The maximum absolute atomic E-state index is 12.6. The number of anilines is 1. The predicted molar refractivity (Wildman–Crippen MR) is 103 cm³/mol. The van der Waals surface area contributed by atoms with Gasteiger partial charge < -0.3 is 14.9 Å². The number of amides is 3. The summed E-state index contributed by atoms with van der Waals surface area (Å²) in [7, 11) is -4.37. The van der Waals surface area contributed by atoms with Crippen LogP contribution in [-0.2, 0) is 40.5 Å². The molecule has 0 spiro atoms. The molecule has 4 rings (SSSR count). The Labute approximate surface area is 221 Å². The molecule has 2 aliphatic carbocycles. The monoisotopic (exact) mass is 483 g/mol. The van der Waals surface area contributed by atoms with E-state index in [1.165, 1.54) is 0 Å². The molecule has 1 fully saturated rings. The standard InChI is InChI=1S/C19H22F3N3O4S.K/c20-19(21,22)17(26)25-8-7-13(10-25)30(28,29)24-18(27)23-16-14-5-1-3-11(14)9-12-4-2-6-15(12)16;/h9,13H,1-8,10H2,(H2,23,24,27);/q;+1/p-1. The molecule has 1 aromatic carbocycles. The van der Waals surface area contributed by atoms with Crippen molar-refractivity contribution < 1.29 is 82.6 Å². The molecule has 31 heavy (non-hydrogen) atoms. The van der Waals surface area contributed by atoms with E-state index < -0.39 is 39.9 Å². The van der Waals surface area contributed by atoms with E-state index in [0.717, 1.165) is 60.8 Å². The molecular formula is C19H21F3KN3O4S. The normalized spacial score (nSPS) is 20.1. The Balaban J connectivity index is 0.00000272. The number of sulfonamides is 1. The molecule has 3 amide bonds. The van der Waals surface area contributed by atoms with Crippen LogP contribution in [0.25, 0.3) is 4.72 Å². The fourth-order valence-corrected chi connectivity index (χ4v) is 5.82. The van der Waals surface area contributed by atoms with Gasteiger partial charge in [-0.05, 0) is 72.9 Å². The number of aryl methyl sites for hydroxylation is 2. The van der Waals surface area contributed by atoms with Gasteiger partial charge in [0.2, 0.25) is 0 Å². The van der Waals surface area contributed by atoms with Crippen molar-refractivity contribution in [2.75, 3.05) is 18.4 Å². The van der Waals surface area contributed by atoms with E-state index >= 15 is 0 Å². The molecule has 1 unspecified atom stereocenters. The Bertz CT molecular complexity index is 981. The topological polar surface area (TPSA) is 97.7 Å². The fraction of sp³-hybridized carbons (Fsp3) is 0.579. The number of carbonyl (C=O) groups excluding carboxylic acids is 2. The number of alkyl halides is 3. The predicted octanol–water partition coefficient (Wildman–Crippen LogP) is 0.0666. The number of carbonyl (C=O) groups is 2. The van der Waals surface area contributed by atoms with Gasteiger partial charge in [0.1, 0.15) is 0 Å². The van der Waals surface area contributed by atoms with E-state index in [0.29, 0.717) is 10.6 Å². The zero-order valence-corrected chi connectivity index (χ0v) is 21.0. The first-order chi connectivity index (χ1) is 14.1. The van der Waals surface area contributed by atoms with Gasteiger partial charge in [0.15, 0.2) is 16.1 Å². The van der Waals surface area contributed by atoms with Crippen molar-refractivity contribution in [3.05, 3.63) is 33.0 Å². The van der Waals surface area contributed by atoms with E-state index in [1.54, 1.807) is 0 Å². The third-order valence-corrected chi connectivity index (χ3v) is 7.66. The number of urea groups is 1. The molecule has 0 saturated carbocycles. The van der Waals surface area contributed by atoms with Gasteiger partial charge in [0, 0.05) is 13.1 Å². The van der Waals surface area contributed by atoms with Crippen molar-refractivity contribution in [2.45, 2.75) is 56.4 Å². The Hall–Kier alpha value is -0.664. The van der Waals surface area contributed by atoms with E-state index in [4.69, 9.17) is 0 Å². The van der Waals surface area contributed by atoms with E-state index in [2.05, 4.69) is 16.1 Å². The molecule has 0 aromatic heterocycles. The third kappa shape index (κ3) is 5.14. The number of halogens is 3. The summed E-state index contributed by atoms with van der Waals surface area (Å²) in [5.41, 5.74) is 4.98. The van der Waals surface area contributed by atoms with Crippen LogP contribution in [0.1, 0.15) is 41.5 Å². The molecule has 1 heterocycles. The molecule has 7 nitrogen and oxygen atoms in total. The maximum Gasteiger partial charge on any atom is 1.00 e. The molecular weight excluding hydrogens is 462 g/mol. The average Bonchev–Trinajstić information content (AvgIpc) is 3.39. The SMILES string of the molecule is O=C([N-]S(=O)(=O)C1CCN(C(=O)C(F)(F)F)C1)Nc1c2c(cc3c1CCC3)CCC2.[K+]. The second-order valence-electron chi connectivity index (χ2n) is 7.93. The van der Waals surface area contributed by atoms with Crippen molar-refractivity contribution in [1.82, 2.24) is 4.90 Å². The number of rotatable bonds is 3. The molecule has 1 saturated heterocycles. The van der Waals surface area contributed by atoms with Crippen LogP contribution in [0, 0.1) is 0 Å². The van der Waals surface area contributed by atoms with Crippen molar-refractivity contribution in [1.29, 1.82) is 0 Å². The minimum Gasteiger partial charge on any atom is -0.423 e. The Kier molecular flexibility index (Phi) is 7.49. The molecule has 1 aromatic rings. The van der Waals surface area contributed by atoms with Gasteiger partial charge in [-0.1, -0.05) is 6.07 Å². The van der Waals surface area contributed by atoms with Crippen LogP contribution in [0.3, 0.4) is 0 Å². The molecule has 0 bridgehead atoms. The first kappa shape index (κ1) is 25.0. The smallest absolute Gasteiger partial charge is 0.423 e. The first-order valence-corrected chi connectivity index (χ1v) is 11.4. The van der Waals surface area contributed by atoms with Crippen LogP contribution < -0.4 is 56.7 Å². The van der Waals surface area contributed by atoms with E-state index in [9.17, 15) is 31.2 Å². The summed E-state index contributed by atoms with van der Waals surface area (Å²) >= 11 is 0. The van der Waals surface area contributed by atoms with Gasteiger partial charge in [-0.15, -0.1) is 0 Å². The van der Waals surface area contributed by atoms with Crippen molar-refractivity contribution in [3.63, 3.8) is 0 Å².